The van der Waals surface area contributed by atoms with Crippen LogP contribution >= 0.6 is 0 Å². The smallest absolute Gasteiger partial charge is 0.309 e. The van der Waals surface area contributed by atoms with Gasteiger partial charge in [0.25, 0.3) is 0 Å². The van der Waals surface area contributed by atoms with Crippen molar-refractivity contribution in [3.63, 3.8) is 0 Å². The van der Waals surface area contributed by atoms with Gasteiger partial charge in [-0.2, -0.15) is 34.2 Å². The zero-order valence-electron chi connectivity index (χ0n) is 35.7. The lowest BCUT2D eigenvalue weighted by Gasteiger charge is -2.20. The summed E-state index contributed by atoms with van der Waals surface area (Å²) in [6.45, 7) is 0. The Morgan fingerprint density at radius 3 is 1.26 bits per heavy atom. The summed E-state index contributed by atoms with van der Waals surface area (Å²) >= 11 is 0. The van der Waals surface area contributed by atoms with Crippen molar-refractivity contribution in [2.75, 3.05) is 0 Å². The third-order valence-corrected chi connectivity index (χ3v) is 12.7. The summed E-state index contributed by atoms with van der Waals surface area (Å²) in [6.07, 6.45) is -4.64. The van der Waals surface area contributed by atoms with Crippen molar-refractivity contribution in [1.82, 2.24) is 9.13 Å². The standard InChI is InChI=1S/C59H31F3N6/c60-59(61,62)45-21-24-46(44(28-45)35-66)43-18-23-50(58(31-43)68-54-8-4-2-6-48(54)52-30-42(20-26-56(52)68)40-16-11-37(33-64)12-17-40)49-22-13-38(34-65)27-57(49)67-53-7-3-1-5-47(53)51-29-41(19-25-55(51)67)39-14-9-36(32-63)10-15-39/h1-31H. The summed E-state index contributed by atoms with van der Waals surface area (Å²) in [7, 11) is 0. The number of halogens is 3. The number of hydrogen-bond donors (Lipinski definition) is 0. The van der Waals surface area contributed by atoms with Gasteiger partial charge in [-0.1, -0.05) is 97.1 Å². The first-order valence-corrected chi connectivity index (χ1v) is 21.5. The van der Waals surface area contributed by atoms with Gasteiger partial charge in [0.05, 0.1) is 85.5 Å². The van der Waals surface area contributed by atoms with E-state index in [0.29, 0.717) is 33.5 Å². The zero-order valence-corrected chi connectivity index (χ0v) is 35.7. The molecule has 0 amide bonds. The van der Waals surface area contributed by atoms with E-state index in [-0.39, 0.29) is 5.56 Å². The van der Waals surface area contributed by atoms with E-state index in [2.05, 4.69) is 69.8 Å². The highest BCUT2D eigenvalue weighted by atomic mass is 19.4. The van der Waals surface area contributed by atoms with Crippen molar-refractivity contribution in [1.29, 1.82) is 21.0 Å². The molecule has 68 heavy (non-hydrogen) atoms. The Hall–Kier alpha value is -9.67. The quantitative estimate of drug-likeness (QED) is 0.166. The largest absolute Gasteiger partial charge is 0.416 e. The molecular formula is C59H31F3N6. The number of rotatable bonds is 6. The molecular weight excluding hydrogens is 850 g/mol. The molecule has 0 bridgehead atoms. The van der Waals surface area contributed by atoms with Crippen LogP contribution in [0.15, 0.2) is 188 Å². The molecule has 0 unspecified atom stereocenters. The van der Waals surface area contributed by atoms with Crippen LogP contribution < -0.4 is 0 Å². The van der Waals surface area contributed by atoms with Gasteiger partial charge in [-0.3, -0.25) is 0 Å². The molecule has 0 aliphatic rings. The normalized spacial score (nSPS) is 11.4. The van der Waals surface area contributed by atoms with E-state index < -0.39 is 11.7 Å². The van der Waals surface area contributed by atoms with Crippen molar-refractivity contribution in [2.24, 2.45) is 0 Å². The Morgan fingerprint density at radius 2 is 0.765 bits per heavy atom. The van der Waals surface area contributed by atoms with E-state index >= 15 is 0 Å². The number of hydrogen-bond acceptors (Lipinski definition) is 4. The van der Waals surface area contributed by atoms with Crippen LogP contribution in [0.5, 0.6) is 0 Å². The number of para-hydroxylation sites is 2. The first kappa shape index (κ1) is 41.1. The number of benzene rings is 9. The van der Waals surface area contributed by atoms with E-state index in [4.69, 9.17) is 0 Å². The van der Waals surface area contributed by atoms with Crippen LogP contribution in [-0.4, -0.2) is 9.13 Å². The molecule has 11 aromatic rings. The van der Waals surface area contributed by atoms with Gasteiger partial charge in [-0.25, -0.2) is 0 Å². The van der Waals surface area contributed by atoms with E-state index in [1.807, 2.05) is 103 Å². The average molecular weight is 881 g/mol. The molecule has 0 N–H and O–H groups in total. The monoisotopic (exact) mass is 880 g/mol. The van der Waals surface area contributed by atoms with E-state index in [9.17, 15) is 34.2 Å². The molecule has 9 aromatic carbocycles. The molecule has 2 aromatic heterocycles. The number of nitriles is 4. The van der Waals surface area contributed by atoms with Gasteiger partial charge in [-0.05, 0) is 124 Å². The minimum atomic E-state index is -4.64. The Balaban J connectivity index is 1.20. The number of aromatic nitrogens is 2. The first-order valence-electron chi connectivity index (χ1n) is 21.5. The number of nitrogens with zero attached hydrogens (tertiary/aromatic N) is 6. The molecule has 2 heterocycles. The fourth-order valence-corrected chi connectivity index (χ4v) is 9.49. The van der Waals surface area contributed by atoms with Crippen molar-refractivity contribution >= 4 is 43.6 Å². The van der Waals surface area contributed by atoms with Crippen LogP contribution in [0.25, 0.3) is 99.5 Å². The maximum atomic E-state index is 14.0. The molecule has 0 fully saturated rings. The molecule has 9 heteroatoms. The highest BCUT2D eigenvalue weighted by Gasteiger charge is 2.31. The molecule has 0 spiro atoms. The molecule has 11 rings (SSSR count). The Kier molecular flexibility index (Phi) is 9.72. The molecule has 6 nitrogen and oxygen atoms in total. The van der Waals surface area contributed by atoms with Crippen molar-refractivity contribution in [2.45, 2.75) is 6.18 Å². The van der Waals surface area contributed by atoms with Crippen LogP contribution in [0.1, 0.15) is 27.8 Å². The first-order chi connectivity index (χ1) is 33.1. The second-order valence-electron chi connectivity index (χ2n) is 16.5. The Bertz CT molecular complexity index is 4050. The number of fused-ring (bicyclic) bond motifs is 6. The summed E-state index contributed by atoms with van der Waals surface area (Å²) in [5, 5.41) is 43.5. The minimum Gasteiger partial charge on any atom is -0.309 e. The lowest BCUT2D eigenvalue weighted by atomic mass is 9.93. The van der Waals surface area contributed by atoms with E-state index in [1.165, 1.54) is 6.07 Å². The van der Waals surface area contributed by atoms with Crippen LogP contribution in [0.2, 0.25) is 0 Å². The SMILES string of the molecule is N#Cc1ccc(-c2ccc3c(c2)c2ccccc2n3-c2cc(C#N)ccc2-c2ccc(-c3ccc(C(F)(F)F)cc3C#N)cc2-n2c3ccccc3c3cc(-c4ccc(C#N)cc4)ccc32)cc1. The van der Waals surface area contributed by atoms with Gasteiger partial charge in [0.15, 0.2) is 0 Å². The third kappa shape index (κ3) is 6.79. The van der Waals surface area contributed by atoms with Gasteiger partial charge >= 0.3 is 6.18 Å². The molecule has 0 aliphatic carbocycles. The molecule has 0 atom stereocenters. The molecule has 0 aliphatic heterocycles. The van der Waals surface area contributed by atoms with Gasteiger partial charge in [0.1, 0.15) is 0 Å². The van der Waals surface area contributed by atoms with Crippen LogP contribution in [0.4, 0.5) is 13.2 Å². The van der Waals surface area contributed by atoms with Crippen molar-refractivity contribution in [3.8, 4) is 80.2 Å². The summed E-state index contributed by atoms with van der Waals surface area (Å²) < 4.78 is 46.2. The summed E-state index contributed by atoms with van der Waals surface area (Å²) in [5.74, 6) is 0. The van der Waals surface area contributed by atoms with Gasteiger partial charge in [0, 0.05) is 32.7 Å². The molecule has 318 valence electrons. The predicted molar refractivity (Wildman–Crippen MR) is 261 cm³/mol. The molecule has 0 saturated heterocycles. The Labute approximate surface area is 387 Å². The van der Waals surface area contributed by atoms with Crippen molar-refractivity contribution < 1.29 is 13.2 Å². The van der Waals surface area contributed by atoms with Gasteiger partial charge in [-0.15, -0.1) is 0 Å². The summed E-state index contributed by atoms with van der Waals surface area (Å²) in [6, 6.07) is 66.8. The molecule has 0 radical (unpaired) electrons. The lowest BCUT2D eigenvalue weighted by molar-refractivity contribution is -0.137. The third-order valence-electron chi connectivity index (χ3n) is 12.7. The van der Waals surface area contributed by atoms with E-state index in [1.54, 1.807) is 30.3 Å². The van der Waals surface area contributed by atoms with E-state index in [0.717, 1.165) is 94.8 Å². The maximum Gasteiger partial charge on any atom is 0.416 e. The fraction of sp³-hybridized carbons (Fsp3) is 0.0169. The predicted octanol–water partition coefficient (Wildman–Crippen LogP) is 15.1. The summed E-state index contributed by atoms with van der Waals surface area (Å²) in [5.41, 5.74) is 11.7. The maximum absolute atomic E-state index is 14.0. The fourth-order valence-electron chi connectivity index (χ4n) is 9.49. The number of alkyl halides is 3. The second-order valence-corrected chi connectivity index (χ2v) is 16.5. The highest BCUT2D eigenvalue weighted by molar-refractivity contribution is 6.13. The minimum absolute atomic E-state index is 0.113. The van der Waals surface area contributed by atoms with Crippen molar-refractivity contribution in [3.05, 3.63) is 216 Å². The lowest BCUT2D eigenvalue weighted by Crippen LogP contribution is -2.05. The van der Waals surface area contributed by atoms with Crippen LogP contribution in [0, 0.1) is 45.3 Å². The summed E-state index contributed by atoms with van der Waals surface area (Å²) in [4.78, 5) is 0. The topological polar surface area (TPSA) is 105 Å². The molecule has 0 saturated carbocycles. The van der Waals surface area contributed by atoms with Gasteiger partial charge in [0.2, 0.25) is 0 Å². The zero-order chi connectivity index (χ0) is 46.7. The second kappa shape index (κ2) is 16.1. The highest BCUT2D eigenvalue weighted by Crippen LogP contribution is 2.44. The van der Waals surface area contributed by atoms with Gasteiger partial charge < -0.3 is 9.13 Å². The van der Waals surface area contributed by atoms with Crippen LogP contribution in [-0.2, 0) is 6.18 Å². The van der Waals surface area contributed by atoms with Crippen LogP contribution in [0.3, 0.4) is 0 Å². The Morgan fingerprint density at radius 1 is 0.338 bits per heavy atom. The average Bonchev–Trinajstić information content (AvgIpc) is 3.90.